The van der Waals surface area contributed by atoms with Crippen LogP contribution in [-0.2, 0) is 10.2 Å². The second-order valence-electron chi connectivity index (χ2n) is 6.48. The largest absolute Gasteiger partial charge is 0.336 e. The highest BCUT2D eigenvalue weighted by Gasteiger charge is 2.25. The third-order valence-corrected chi connectivity index (χ3v) is 4.71. The molecule has 0 bridgehead atoms. The standard InChI is InChI=1S/C16H19ClN6OS/c1-9(25-15-22-21-14(23(15)19)16(2,3)4)13(24)20-11-6-5-10(8-18)12(17)7-11/h5-7,9H,19H2,1-4H3,(H,20,24). The number of nitrogens with two attached hydrogens (primary N) is 1. The minimum atomic E-state index is -0.450. The van der Waals surface area contributed by atoms with Crippen LogP contribution in [0, 0.1) is 11.3 Å². The summed E-state index contributed by atoms with van der Waals surface area (Å²) >= 11 is 7.18. The van der Waals surface area contributed by atoms with Gasteiger partial charge in [0, 0.05) is 11.1 Å². The first-order chi connectivity index (χ1) is 11.6. The van der Waals surface area contributed by atoms with Gasteiger partial charge in [-0.1, -0.05) is 44.1 Å². The molecule has 0 aliphatic carbocycles. The van der Waals surface area contributed by atoms with Crippen molar-refractivity contribution in [1.82, 2.24) is 14.9 Å². The highest BCUT2D eigenvalue weighted by molar-refractivity contribution is 8.00. The molecule has 0 saturated carbocycles. The number of rotatable bonds is 4. The molecular weight excluding hydrogens is 360 g/mol. The molecular formula is C16H19ClN6OS. The van der Waals surface area contributed by atoms with Crippen LogP contribution >= 0.6 is 23.4 Å². The molecule has 0 fully saturated rings. The Labute approximate surface area is 155 Å². The van der Waals surface area contributed by atoms with Gasteiger partial charge in [-0.3, -0.25) is 4.79 Å². The van der Waals surface area contributed by atoms with Gasteiger partial charge in [-0.05, 0) is 25.1 Å². The van der Waals surface area contributed by atoms with Crippen LogP contribution in [0.4, 0.5) is 5.69 Å². The summed E-state index contributed by atoms with van der Waals surface area (Å²) in [4.78, 5) is 12.4. The smallest absolute Gasteiger partial charge is 0.237 e. The predicted molar refractivity (Wildman–Crippen MR) is 99.0 cm³/mol. The van der Waals surface area contributed by atoms with Crippen molar-refractivity contribution in [2.24, 2.45) is 0 Å². The summed E-state index contributed by atoms with van der Waals surface area (Å²) in [6.45, 7) is 7.70. The fraction of sp³-hybridized carbons (Fsp3) is 0.375. The molecule has 0 radical (unpaired) electrons. The number of benzene rings is 1. The van der Waals surface area contributed by atoms with Crippen LogP contribution in [0.15, 0.2) is 23.4 Å². The Morgan fingerprint density at radius 3 is 2.64 bits per heavy atom. The van der Waals surface area contributed by atoms with Crippen LogP contribution < -0.4 is 11.2 Å². The van der Waals surface area contributed by atoms with Crippen molar-refractivity contribution in [3.8, 4) is 6.07 Å². The number of nitrogens with zero attached hydrogens (tertiary/aromatic N) is 4. The Kier molecular flexibility index (Phi) is 5.60. The number of aromatic nitrogens is 3. The molecule has 3 N–H and O–H groups in total. The molecule has 1 aromatic carbocycles. The SMILES string of the molecule is CC(Sc1nnc(C(C)(C)C)n1N)C(=O)Nc1ccc(C#N)c(Cl)c1. The van der Waals surface area contributed by atoms with E-state index in [1.54, 1.807) is 25.1 Å². The van der Waals surface area contributed by atoms with Crippen molar-refractivity contribution in [1.29, 1.82) is 5.26 Å². The van der Waals surface area contributed by atoms with E-state index in [9.17, 15) is 4.79 Å². The van der Waals surface area contributed by atoms with Gasteiger partial charge >= 0.3 is 0 Å². The maximum Gasteiger partial charge on any atom is 0.237 e. The zero-order valence-electron chi connectivity index (χ0n) is 14.4. The lowest BCUT2D eigenvalue weighted by Gasteiger charge is -2.17. The Balaban J connectivity index is 2.07. The minimum Gasteiger partial charge on any atom is -0.336 e. The fourth-order valence-electron chi connectivity index (χ4n) is 2.01. The van der Waals surface area contributed by atoms with Crippen molar-refractivity contribution >= 4 is 35.0 Å². The van der Waals surface area contributed by atoms with E-state index in [4.69, 9.17) is 22.7 Å². The molecule has 2 rings (SSSR count). The maximum absolute atomic E-state index is 12.4. The van der Waals surface area contributed by atoms with Crippen molar-refractivity contribution < 1.29 is 4.79 Å². The lowest BCUT2D eigenvalue weighted by Crippen LogP contribution is -2.26. The van der Waals surface area contributed by atoms with Gasteiger partial charge in [-0.15, -0.1) is 10.2 Å². The summed E-state index contributed by atoms with van der Waals surface area (Å²) in [5.74, 6) is 6.44. The molecule has 25 heavy (non-hydrogen) atoms. The number of nitriles is 1. The third-order valence-electron chi connectivity index (χ3n) is 3.34. The summed E-state index contributed by atoms with van der Waals surface area (Å²) in [5.41, 5.74) is 0.629. The van der Waals surface area contributed by atoms with E-state index in [0.29, 0.717) is 22.2 Å². The zero-order valence-corrected chi connectivity index (χ0v) is 15.9. The van der Waals surface area contributed by atoms with Crippen molar-refractivity contribution in [2.45, 2.75) is 43.5 Å². The van der Waals surface area contributed by atoms with E-state index in [1.807, 2.05) is 26.8 Å². The first kappa shape index (κ1) is 19.1. The number of halogens is 1. The number of amides is 1. The van der Waals surface area contributed by atoms with Gasteiger partial charge in [-0.2, -0.15) is 5.26 Å². The summed E-state index contributed by atoms with van der Waals surface area (Å²) in [5, 5.41) is 20.1. The Morgan fingerprint density at radius 1 is 1.44 bits per heavy atom. The van der Waals surface area contributed by atoms with Crippen LogP contribution in [0.3, 0.4) is 0 Å². The third kappa shape index (κ3) is 4.44. The quantitative estimate of drug-likeness (QED) is 0.625. The van der Waals surface area contributed by atoms with Gasteiger partial charge in [0.05, 0.1) is 15.8 Å². The molecule has 1 amide bonds. The number of anilines is 1. The molecule has 2 aromatic rings. The van der Waals surface area contributed by atoms with Crippen molar-refractivity contribution in [3.05, 3.63) is 34.6 Å². The monoisotopic (exact) mass is 378 g/mol. The Morgan fingerprint density at radius 2 is 2.12 bits per heavy atom. The summed E-state index contributed by atoms with van der Waals surface area (Å²) in [6, 6.07) is 6.70. The first-order valence-electron chi connectivity index (χ1n) is 7.51. The van der Waals surface area contributed by atoms with Gasteiger partial charge in [0.15, 0.2) is 5.82 Å². The number of hydrogen-bond donors (Lipinski definition) is 2. The number of hydrogen-bond acceptors (Lipinski definition) is 6. The highest BCUT2D eigenvalue weighted by Crippen LogP contribution is 2.27. The minimum absolute atomic E-state index is 0.230. The van der Waals surface area contributed by atoms with Crippen molar-refractivity contribution in [2.75, 3.05) is 11.2 Å². The number of nitrogen functional groups attached to an aromatic ring is 1. The van der Waals surface area contributed by atoms with Gasteiger partial charge in [0.25, 0.3) is 0 Å². The summed E-state index contributed by atoms with van der Waals surface area (Å²) < 4.78 is 1.41. The molecule has 0 spiro atoms. The average molecular weight is 379 g/mol. The highest BCUT2D eigenvalue weighted by atomic mass is 35.5. The summed E-state index contributed by atoms with van der Waals surface area (Å²) in [6.07, 6.45) is 0. The normalized spacial score (nSPS) is 12.5. The van der Waals surface area contributed by atoms with E-state index in [0.717, 1.165) is 0 Å². The number of carbonyl (C=O) groups excluding carboxylic acids is 1. The van der Waals surface area contributed by atoms with Crippen LogP contribution in [0.1, 0.15) is 39.1 Å². The van der Waals surface area contributed by atoms with Crippen LogP contribution in [-0.4, -0.2) is 26.0 Å². The van der Waals surface area contributed by atoms with Gasteiger partial charge < -0.3 is 11.2 Å². The van der Waals surface area contributed by atoms with E-state index < -0.39 is 5.25 Å². The molecule has 0 aliphatic rings. The molecule has 0 aliphatic heterocycles. The van der Waals surface area contributed by atoms with Crippen LogP contribution in [0.2, 0.25) is 5.02 Å². The Bertz CT molecular complexity index is 836. The molecule has 1 heterocycles. The van der Waals surface area contributed by atoms with E-state index in [-0.39, 0.29) is 16.3 Å². The molecule has 7 nitrogen and oxygen atoms in total. The van der Waals surface area contributed by atoms with E-state index in [1.165, 1.54) is 16.4 Å². The van der Waals surface area contributed by atoms with Gasteiger partial charge in [0.1, 0.15) is 6.07 Å². The lowest BCUT2D eigenvalue weighted by molar-refractivity contribution is -0.115. The van der Waals surface area contributed by atoms with Crippen LogP contribution in [0.25, 0.3) is 0 Å². The molecule has 0 saturated heterocycles. The number of carbonyl (C=O) groups is 1. The Hall–Kier alpha value is -2.24. The second kappa shape index (κ2) is 7.33. The van der Waals surface area contributed by atoms with E-state index >= 15 is 0 Å². The molecule has 1 unspecified atom stereocenters. The maximum atomic E-state index is 12.4. The number of nitrogens with one attached hydrogen (secondary N) is 1. The fourth-order valence-corrected chi connectivity index (χ4v) is 3.00. The zero-order chi connectivity index (χ0) is 18.8. The lowest BCUT2D eigenvalue weighted by atomic mass is 9.96. The predicted octanol–water partition coefficient (Wildman–Crippen LogP) is 2.93. The first-order valence-corrected chi connectivity index (χ1v) is 8.77. The van der Waals surface area contributed by atoms with Gasteiger partial charge in [-0.25, -0.2) is 4.68 Å². The topological polar surface area (TPSA) is 110 Å². The summed E-state index contributed by atoms with van der Waals surface area (Å²) in [7, 11) is 0. The van der Waals surface area contributed by atoms with Crippen molar-refractivity contribution in [3.63, 3.8) is 0 Å². The molecule has 1 atom stereocenters. The van der Waals surface area contributed by atoms with Crippen LogP contribution in [0.5, 0.6) is 0 Å². The van der Waals surface area contributed by atoms with Gasteiger partial charge in [0.2, 0.25) is 11.1 Å². The average Bonchev–Trinajstić information content (AvgIpc) is 2.88. The molecule has 9 heteroatoms. The molecule has 1 aromatic heterocycles. The van der Waals surface area contributed by atoms with E-state index in [2.05, 4.69) is 15.5 Å². The number of thioether (sulfide) groups is 1. The molecule has 132 valence electrons. The second-order valence-corrected chi connectivity index (χ2v) is 8.20.